The zero-order chi connectivity index (χ0) is 19.1. The molecule has 7 nitrogen and oxygen atoms in total. The third-order valence-corrected chi connectivity index (χ3v) is 5.73. The molecular formula is C21H23N5O2. The van der Waals surface area contributed by atoms with E-state index in [1.807, 2.05) is 24.3 Å². The number of benzene rings is 2. The molecule has 7 heteroatoms. The van der Waals surface area contributed by atoms with E-state index in [1.54, 1.807) is 0 Å². The summed E-state index contributed by atoms with van der Waals surface area (Å²) in [6.07, 6.45) is 2.94. The number of aromatic nitrogens is 2. The molecule has 2 aliphatic heterocycles. The van der Waals surface area contributed by atoms with Crippen molar-refractivity contribution in [2.75, 3.05) is 23.3 Å². The van der Waals surface area contributed by atoms with Crippen LogP contribution >= 0.6 is 0 Å². The molecule has 1 fully saturated rings. The second-order valence-corrected chi connectivity index (χ2v) is 7.58. The molecule has 0 spiro atoms. The fraction of sp³-hybridized carbons (Fsp3) is 0.333. The Balaban J connectivity index is 1.44. The molecular weight excluding hydrogens is 354 g/mol. The summed E-state index contributed by atoms with van der Waals surface area (Å²) in [6, 6.07) is 11.8. The van der Waals surface area contributed by atoms with E-state index >= 15 is 0 Å². The molecule has 3 heterocycles. The van der Waals surface area contributed by atoms with Crippen LogP contribution in [0.3, 0.4) is 0 Å². The quantitative estimate of drug-likeness (QED) is 0.562. The van der Waals surface area contributed by atoms with Crippen LogP contribution < -0.4 is 21.2 Å². The van der Waals surface area contributed by atoms with Crippen LogP contribution in [0.5, 0.6) is 0 Å². The zero-order valence-electron chi connectivity index (χ0n) is 15.5. The summed E-state index contributed by atoms with van der Waals surface area (Å²) in [5.74, 6) is -0.0489. The first-order valence-corrected chi connectivity index (χ1v) is 9.79. The lowest BCUT2D eigenvalue weighted by atomic mass is 9.95. The smallest absolute Gasteiger partial charge is 0.323 e. The molecule has 5 rings (SSSR count). The van der Waals surface area contributed by atoms with Crippen LogP contribution in [-0.2, 0) is 17.8 Å². The highest BCUT2D eigenvalue weighted by atomic mass is 16.2. The van der Waals surface area contributed by atoms with E-state index in [2.05, 4.69) is 37.6 Å². The summed E-state index contributed by atoms with van der Waals surface area (Å²) >= 11 is 0. The molecule has 4 N–H and O–H groups in total. The average molecular weight is 377 g/mol. The van der Waals surface area contributed by atoms with E-state index in [0.29, 0.717) is 18.5 Å². The molecule has 1 aromatic heterocycles. The number of nitrogens with one attached hydrogen (secondary N) is 4. The lowest BCUT2D eigenvalue weighted by molar-refractivity contribution is -0.118. The minimum atomic E-state index is -0.276. The predicted molar refractivity (Wildman–Crippen MR) is 110 cm³/mol. The van der Waals surface area contributed by atoms with Crippen LogP contribution in [0.2, 0.25) is 0 Å². The first-order chi connectivity index (χ1) is 13.7. The van der Waals surface area contributed by atoms with Crippen molar-refractivity contribution in [2.24, 2.45) is 0 Å². The van der Waals surface area contributed by atoms with Crippen molar-refractivity contribution in [1.29, 1.82) is 0 Å². The number of H-pyrrole nitrogens is 2. The number of carbonyl (C=O) groups excluding carboxylic acids is 1. The molecule has 28 heavy (non-hydrogen) atoms. The van der Waals surface area contributed by atoms with Gasteiger partial charge in [-0.25, -0.2) is 4.79 Å². The molecule has 3 aromatic rings. The molecule has 2 aromatic carbocycles. The van der Waals surface area contributed by atoms with E-state index in [4.69, 9.17) is 0 Å². The fourth-order valence-electron chi connectivity index (χ4n) is 4.25. The van der Waals surface area contributed by atoms with Gasteiger partial charge in [0.05, 0.1) is 28.5 Å². The van der Waals surface area contributed by atoms with Gasteiger partial charge >= 0.3 is 5.69 Å². The van der Waals surface area contributed by atoms with Gasteiger partial charge in [0.25, 0.3) is 0 Å². The largest absolute Gasteiger partial charge is 0.370 e. The predicted octanol–water partition coefficient (Wildman–Crippen LogP) is 2.11. The van der Waals surface area contributed by atoms with Gasteiger partial charge in [0.2, 0.25) is 5.91 Å². The Kier molecular flexibility index (Phi) is 4.16. The molecule has 1 saturated heterocycles. The van der Waals surface area contributed by atoms with E-state index in [-0.39, 0.29) is 17.6 Å². The number of rotatable bonds is 3. The third kappa shape index (κ3) is 3.07. The number of hydrogen-bond donors (Lipinski definition) is 4. The number of anilines is 2. The third-order valence-electron chi connectivity index (χ3n) is 5.73. The van der Waals surface area contributed by atoms with Gasteiger partial charge in [-0.3, -0.25) is 4.79 Å². The summed E-state index contributed by atoms with van der Waals surface area (Å²) < 4.78 is 0. The van der Waals surface area contributed by atoms with Crippen LogP contribution in [0.4, 0.5) is 11.4 Å². The summed E-state index contributed by atoms with van der Waals surface area (Å²) in [4.78, 5) is 32.6. The molecule has 1 atom stereocenters. The first kappa shape index (κ1) is 17.1. The Hall–Kier alpha value is -3.06. The number of imidazole rings is 1. The summed E-state index contributed by atoms with van der Waals surface area (Å²) in [5.41, 5.74) is 5.39. The van der Waals surface area contributed by atoms with Crippen molar-refractivity contribution in [3.8, 4) is 0 Å². The molecule has 2 aliphatic rings. The van der Waals surface area contributed by atoms with Gasteiger partial charge < -0.3 is 25.5 Å². The van der Waals surface area contributed by atoms with Crippen molar-refractivity contribution in [1.82, 2.24) is 15.3 Å². The van der Waals surface area contributed by atoms with Gasteiger partial charge in [0, 0.05) is 19.6 Å². The number of carbonyl (C=O) groups is 1. The van der Waals surface area contributed by atoms with E-state index in [9.17, 15) is 9.59 Å². The Morgan fingerprint density at radius 2 is 1.75 bits per heavy atom. The molecule has 144 valence electrons. The van der Waals surface area contributed by atoms with Crippen LogP contribution in [0, 0.1) is 0 Å². The lowest BCUT2D eigenvalue weighted by Gasteiger charge is -2.27. The number of amides is 1. The average Bonchev–Trinajstić information content (AvgIpc) is 3.35. The van der Waals surface area contributed by atoms with Crippen LogP contribution in [0.15, 0.2) is 41.2 Å². The standard InChI is InChI=1S/C21H23N5O2/c27-20(18-9-13-5-1-2-6-14(13)12-22-18)23-17-10-15-16(25-21(28)24-15)11-19(17)26-7-3-4-8-26/h1-2,5-6,10-11,18,22H,3-4,7-9,12H2,(H,23,27)(H2,24,25,28)/t18-/m1/s1. The molecule has 0 bridgehead atoms. The van der Waals surface area contributed by atoms with E-state index in [1.165, 1.54) is 11.1 Å². The highest BCUT2D eigenvalue weighted by Crippen LogP contribution is 2.32. The van der Waals surface area contributed by atoms with E-state index in [0.717, 1.165) is 42.8 Å². The summed E-state index contributed by atoms with van der Waals surface area (Å²) in [6.45, 7) is 2.60. The monoisotopic (exact) mass is 377 g/mol. The second kappa shape index (κ2) is 6.83. The summed E-state index contributed by atoms with van der Waals surface area (Å²) in [7, 11) is 0. The van der Waals surface area contributed by atoms with Crippen molar-refractivity contribution < 1.29 is 4.79 Å². The molecule has 0 radical (unpaired) electrons. The lowest BCUT2D eigenvalue weighted by Crippen LogP contribution is -2.44. The fourth-order valence-corrected chi connectivity index (χ4v) is 4.25. The summed E-state index contributed by atoms with van der Waals surface area (Å²) in [5, 5.41) is 6.45. The zero-order valence-corrected chi connectivity index (χ0v) is 15.5. The Labute approximate surface area is 162 Å². The van der Waals surface area contributed by atoms with Crippen LogP contribution in [0.25, 0.3) is 11.0 Å². The van der Waals surface area contributed by atoms with Crippen molar-refractivity contribution >= 4 is 28.3 Å². The van der Waals surface area contributed by atoms with Crippen molar-refractivity contribution in [2.45, 2.75) is 31.8 Å². The maximum Gasteiger partial charge on any atom is 0.323 e. The second-order valence-electron chi connectivity index (χ2n) is 7.58. The topological polar surface area (TPSA) is 93.0 Å². The number of nitrogens with zero attached hydrogens (tertiary/aromatic N) is 1. The number of fused-ring (bicyclic) bond motifs is 2. The van der Waals surface area contributed by atoms with Gasteiger partial charge in [-0.2, -0.15) is 0 Å². The van der Waals surface area contributed by atoms with Gasteiger partial charge in [-0.1, -0.05) is 24.3 Å². The van der Waals surface area contributed by atoms with Gasteiger partial charge in [0.1, 0.15) is 0 Å². The Morgan fingerprint density at radius 1 is 1.04 bits per heavy atom. The highest BCUT2D eigenvalue weighted by Gasteiger charge is 2.26. The number of hydrogen-bond acceptors (Lipinski definition) is 4. The van der Waals surface area contributed by atoms with Gasteiger partial charge in [-0.15, -0.1) is 0 Å². The minimum absolute atomic E-state index is 0.0489. The molecule has 0 saturated carbocycles. The Morgan fingerprint density at radius 3 is 2.54 bits per heavy atom. The number of aromatic amines is 2. The van der Waals surface area contributed by atoms with Gasteiger partial charge in [-0.05, 0) is 42.5 Å². The maximum absolute atomic E-state index is 13.0. The minimum Gasteiger partial charge on any atom is -0.370 e. The normalized spacial score (nSPS) is 19.0. The van der Waals surface area contributed by atoms with Crippen LogP contribution in [-0.4, -0.2) is 35.0 Å². The maximum atomic E-state index is 13.0. The van der Waals surface area contributed by atoms with Crippen LogP contribution in [0.1, 0.15) is 24.0 Å². The van der Waals surface area contributed by atoms with Crippen molar-refractivity contribution in [3.05, 3.63) is 58.0 Å². The highest BCUT2D eigenvalue weighted by molar-refractivity contribution is 6.01. The SMILES string of the molecule is O=C(Nc1cc2[nH]c(=O)[nH]c2cc1N1CCCC1)[C@H]1Cc2ccccc2CN1. The van der Waals surface area contributed by atoms with E-state index < -0.39 is 0 Å². The molecule has 0 aliphatic carbocycles. The Bertz CT molecular complexity index is 1090. The van der Waals surface area contributed by atoms with Crippen molar-refractivity contribution in [3.63, 3.8) is 0 Å². The first-order valence-electron chi connectivity index (χ1n) is 9.79. The molecule has 0 unspecified atom stereocenters. The molecule has 1 amide bonds. The van der Waals surface area contributed by atoms with Gasteiger partial charge in [0.15, 0.2) is 0 Å².